The number of carbonyl (C=O) groups excluding carboxylic acids is 1. The maximum Gasteiger partial charge on any atom is 0.219 e. The van der Waals surface area contributed by atoms with Gasteiger partial charge in [0.15, 0.2) is 4.90 Å². The summed E-state index contributed by atoms with van der Waals surface area (Å²) in [4.78, 5) is 13.9. The van der Waals surface area contributed by atoms with E-state index in [4.69, 9.17) is 16.3 Å². The van der Waals surface area contributed by atoms with E-state index in [9.17, 15) is 9.35 Å². The van der Waals surface area contributed by atoms with Gasteiger partial charge in [0, 0.05) is 31.1 Å². The maximum absolute atomic E-state index is 13.1. The van der Waals surface area contributed by atoms with Gasteiger partial charge in [-0.05, 0) is 48.9 Å². The lowest BCUT2D eigenvalue weighted by Gasteiger charge is -2.27. The molecular weight excluding hydrogens is 384 g/mol. The highest BCUT2D eigenvalue weighted by molar-refractivity contribution is 7.89. The van der Waals surface area contributed by atoms with E-state index in [1.54, 1.807) is 43.1 Å². The van der Waals surface area contributed by atoms with Crippen molar-refractivity contribution in [1.29, 1.82) is 0 Å². The third-order valence-electron chi connectivity index (χ3n) is 4.71. The van der Waals surface area contributed by atoms with Crippen LogP contribution in [0.3, 0.4) is 0 Å². The van der Waals surface area contributed by atoms with Crippen LogP contribution in [0.15, 0.2) is 47.4 Å². The Morgan fingerprint density at radius 1 is 1.33 bits per heavy atom. The molecule has 144 valence electrons. The molecule has 7 heteroatoms. The first-order chi connectivity index (χ1) is 12.9. The number of carbonyl (C=O) groups is 1. The van der Waals surface area contributed by atoms with Gasteiger partial charge in [0.05, 0.1) is 23.9 Å². The van der Waals surface area contributed by atoms with Crippen LogP contribution in [0.4, 0.5) is 0 Å². The Hall–Kier alpha value is -1.73. The third-order valence-corrected chi connectivity index (χ3v) is 6.56. The lowest BCUT2D eigenvalue weighted by molar-refractivity contribution is -0.128. The molecule has 2 atom stereocenters. The minimum atomic E-state index is -1.32. The molecule has 0 saturated heterocycles. The normalized spacial score (nSPS) is 18.2. The van der Waals surface area contributed by atoms with Gasteiger partial charge >= 0.3 is 0 Å². The molecule has 1 amide bonds. The van der Waals surface area contributed by atoms with Gasteiger partial charge in [-0.15, -0.1) is 4.31 Å². The van der Waals surface area contributed by atoms with E-state index in [0.29, 0.717) is 29.6 Å². The van der Waals surface area contributed by atoms with Crippen LogP contribution in [0.25, 0.3) is 0 Å². The highest BCUT2D eigenvalue weighted by atomic mass is 35.5. The van der Waals surface area contributed by atoms with Crippen LogP contribution in [0.2, 0.25) is 5.02 Å². The van der Waals surface area contributed by atoms with Crippen LogP contribution in [0.5, 0.6) is 5.75 Å². The van der Waals surface area contributed by atoms with E-state index in [0.717, 1.165) is 16.9 Å². The van der Waals surface area contributed by atoms with Gasteiger partial charge in [-0.2, -0.15) is 0 Å². The third kappa shape index (κ3) is 4.58. The average molecular weight is 407 g/mol. The van der Waals surface area contributed by atoms with Crippen molar-refractivity contribution in [2.45, 2.75) is 31.3 Å². The first-order valence-corrected chi connectivity index (χ1v) is 10.3. The molecule has 0 fully saturated rings. The largest absolute Gasteiger partial charge is 0.593 e. The standard InChI is InChI=1S/C20H23ClN2O3S/c1-14-19-12-16(13-22(3)15(2)24)4-9-20(19)26-11-10-23(14)27(25)18-7-5-17(21)6-8-18/h4-9,12,14H,10-11,13H2,1-3H3/t14-,27?/m0/s1. The summed E-state index contributed by atoms with van der Waals surface area (Å²) in [6.07, 6.45) is 0. The van der Waals surface area contributed by atoms with Gasteiger partial charge in [-0.25, -0.2) is 0 Å². The van der Waals surface area contributed by atoms with Crippen molar-refractivity contribution in [3.63, 3.8) is 0 Å². The summed E-state index contributed by atoms with van der Waals surface area (Å²) in [5.74, 6) is 0.812. The number of hydrogen-bond acceptors (Lipinski definition) is 4. The van der Waals surface area contributed by atoms with E-state index in [-0.39, 0.29) is 11.9 Å². The van der Waals surface area contributed by atoms with Crippen molar-refractivity contribution in [3.05, 3.63) is 58.6 Å². The van der Waals surface area contributed by atoms with Crippen LogP contribution >= 0.6 is 11.6 Å². The summed E-state index contributed by atoms with van der Waals surface area (Å²) < 4.78 is 20.9. The Bertz CT molecular complexity index is 815. The number of ether oxygens (including phenoxy) is 1. The predicted octanol–water partition coefficient (Wildman–Crippen LogP) is 3.80. The summed E-state index contributed by atoms with van der Waals surface area (Å²) in [7, 11) is 1.77. The highest BCUT2D eigenvalue weighted by Crippen LogP contribution is 2.36. The molecule has 2 aromatic carbocycles. The molecule has 0 N–H and O–H groups in total. The Balaban J connectivity index is 1.87. The fourth-order valence-corrected chi connectivity index (χ4v) is 4.45. The number of fused-ring (bicyclic) bond motifs is 1. The Kier molecular flexibility index (Phi) is 6.32. The minimum absolute atomic E-state index is 0.0136. The molecule has 27 heavy (non-hydrogen) atoms. The van der Waals surface area contributed by atoms with Crippen LogP contribution in [0.1, 0.15) is 31.0 Å². The molecule has 1 aliphatic rings. The molecule has 1 aliphatic heterocycles. The molecule has 0 bridgehead atoms. The van der Waals surface area contributed by atoms with Crippen LogP contribution in [-0.4, -0.2) is 39.9 Å². The first kappa shape index (κ1) is 20.0. The quantitative estimate of drug-likeness (QED) is 0.725. The van der Waals surface area contributed by atoms with Crippen molar-refractivity contribution in [2.75, 3.05) is 20.2 Å². The van der Waals surface area contributed by atoms with E-state index in [1.807, 2.05) is 29.4 Å². The van der Waals surface area contributed by atoms with Gasteiger partial charge in [-0.3, -0.25) is 4.79 Å². The van der Waals surface area contributed by atoms with Gasteiger partial charge in [0.1, 0.15) is 12.4 Å². The highest BCUT2D eigenvalue weighted by Gasteiger charge is 2.33. The zero-order chi connectivity index (χ0) is 19.6. The molecule has 3 rings (SSSR count). The molecule has 1 heterocycles. The van der Waals surface area contributed by atoms with E-state index in [2.05, 4.69) is 0 Å². The summed E-state index contributed by atoms with van der Waals surface area (Å²) >= 11 is 4.62. The second-order valence-electron chi connectivity index (χ2n) is 6.62. The average Bonchev–Trinajstić information content (AvgIpc) is 2.81. The van der Waals surface area contributed by atoms with Crippen LogP contribution in [0, 0.1) is 0 Å². The maximum atomic E-state index is 13.1. The van der Waals surface area contributed by atoms with Gasteiger partial charge in [-0.1, -0.05) is 17.7 Å². The van der Waals surface area contributed by atoms with E-state index >= 15 is 0 Å². The molecule has 5 nitrogen and oxygen atoms in total. The van der Waals surface area contributed by atoms with Crippen molar-refractivity contribution < 1.29 is 14.1 Å². The second-order valence-corrected chi connectivity index (χ2v) is 8.49. The summed E-state index contributed by atoms with van der Waals surface area (Å²) in [5.41, 5.74) is 1.99. The van der Waals surface area contributed by atoms with Crippen LogP contribution < -0.4 is 4.74 Å². The van der Waals surface area contributed by atoms with Crippen LogP contribution in [-0.2, 0) is 22.7 Å². The van der Waals surface area contributed by atoms with Crippen molar-refractivity contribution >= 4 is 28.9 Å². The SMILES string of the molecule is CC(=O)N(C)Cc1ccc2c(c1)[C@H](C)N([S+]([O-])c1ccc(Cl)cc1)CCO2. The fourth-order valence-electron chi connectivity index (χ4n) is 3.05. The van der Waals surface area contributed by atoms with Gasteiger partial charge in [0.25, 0.3) is 0 Å². The number of hydrogen-bond donors (Lipinski definition) is 0. The molecule has 1 unspecified atom stereocenters. The van der Waals surface area contributed by atoms with Crippen molar-refractivity contribution in [3.8, 4) is 5.75 Å². The zero-order valence-electron chi connectivity index (χ0n) is 15.6. The minimum Gasteiger partial charge on any atom is -0.593 e. The number of amides is 1. The van der Waals surface area contributed by atoms with Gasteiger partial charge in [0.2, 0.25) is 5.91 Å². The lowest BCUT2D eigenvalue weighted by Crippen LogP contribution is -2.35. The Morgan fingerprint density at radius 2 is 2.04 bits per heavy atom. The number of nitrogens with zero attached hydrogens (tertiary/aromatic N) is 2. The fraction of sp³-hybridized carbons (Fsp3) is 0.350. The first-order valence-electron chi connectivity index (χ1n) is 8.78. The molecule has 2 aromatic rings. The number of rotatable bonds is 4. The van der Waals surface area contributed by atoms with Crippen molar-refractivity contribution in [1.82, 2.24) is 9.21 Å². The smallest absolute Gasteiger partial charge is 0.219 e. The Morgan fingerprint density at radius 3 is 2.70 bits per heavy atom. The second kappa shape index (κ2) is 8.52. The summed E-state index contributed by atoms with van der Waals surface area (Å²) in [6.45, 7) is 5.11. The molecule has 0 aliphatic carbocycles. The zero-order valence-corrected chi connectivity index (χ0v) is 17.2. The summed E-state index contributed by atoms with van der Waals surface area (Å²) in [5, 5.41) is 0.618. The Labute approximate surface area is 168 Å². The number of halogens is 1. The van der Waals surface area contributed by atoms with Gasteiger partial charge < -0.3 is 14.2 Å². The topological polar surface area (TPSA) is 55.8 Å². The molecule has 0 saturated carbocycles. The molecule has 0 radical (unpaired) electrons. The number of benzene rings is 2. The lowest BCUT2D eigenvalue weighted by atomic mass is 10.0. The van der Waals surface area contributed by atoms with E-state index in [1.165, 1.54) is 0 Å². The monoisotopic (exact) mass is 406 g/mol. The molecule has 0 spiro atoms. The predicted molar refractivity (Wildman–Crippen MR) is 107 cm³/mol. The van der Waals surface area contributed by atoms with E-state index < -0.39 is 11.4 Å². The summed E-state index contributed by atoms with van der Waals surface area (Å²) in [6, 6.07) is 12.9. The molecular formula is C20H23ClN2O3S. The van der Waals surface area contributed by atoms with Crippen molar-refractivity contribution in [2.24, 2.45) is 0 Å². The molecule has 0 aromatic heterocycles.